The normalized spacial score (nSPS) is 10.5. The second-order valence-electron chi connectivity index (χ2n) is 7.82. The Bertz CT molecular complexity index is 1480. The topological polar surface area (TPSA) is 112 Å². The molecule has 194 valence electrons. The number of carbonyl (C=O) groups is 2. The third-order valence-electron chi connectivity index (χ3n) is 5.35. The van der Waals surface area contributed by atoms with Crippen LogP contribution in [0.2, 0.25) is 0 Å². The zero-order valence-electron chi connectivity index (χ0n) is 20.5. The van der Waals surface area contributed by atoms with E-state index in [1.807, 2.05) is 30.3 Å². The Morgan fingerprint density at radius 1 is 1.05 bits per heavy atom. The van der Waals surface area contributed by atoms with Crippen molar-refractivity contribution in [2.75, 3.05) is 19.0 Å². The van der Waals surface area contributed by atoms with Gasteiger partial charge in [-0.1, -0.05) is 42.5 Å². The molecule has 0 unspecified atom stereocenters. The van der Waals surface area contributed by atoms with Crippen molar-refractivity contribution >= 4 is 46.0 Å². The van der Waals surface area contributed by atoms with Crippen LogP contribution in [0.3, 0.4) is 0 Å². The first-order valence-electron chi connectivity index (χ1n) is 11.5. The van der Waals surface area contributed by atoms with Crippen molar-refractivity contribution in [3.63, 3.8) is 0 Å². The third-order valence-corrected chi connectivity index (χ3v) is 5.55. The van der Waals surface area contributed by atoms with Gasteiger partial charge in [0.15, 0.2) is 16.6 Å². The van der Waals surface area contributed by atoms with E-state index in [0.29, 0.717) is 21.9 Å². The lowest BCUT2D eigenvalue weighted by atomic mass is 10.00. The predicted octanol–water partition coefficient (Wildman–Crippen LogP) is 5.24. The summed E-state index contributed by atoms with van der Waals surface area (Å²) in [4.78, 5) is 33.5. The van der Waals surface area contributed by atoms with Crippen molar-refractivity contribution in [1.82, 2.24) is 15.3 Å². The lowest BCUT2D eigenvalue weighted by Gasteiger charge is -2.18. The standard InChI is InChI=1S/C27H23FN4O5S/c1-3-36-27(34)32-26(38)31-24-21-19(17-9-11-18(28)12-10-17)13-29-14-20(21)23(22(30-24)25(33)35-2)37-15-16-7-5-4-6-8-16/h4-14H,3,15H2,1-2H3,(H2,30,31,32,34,38). The summed E-state index contributed by atoms with van der Waals surface area (Å²) in [5.74, 6) is -0.898. The van der Waals surface area contributed by atoms with E-state index < -0.39 is 17.9 Å². The average Bonchev–Trinajstić information content (AvgIpc) is 2.92. The van der Waals surface area contributed by atoms with Crippen LogP contribution >= 0.6 is 12.2 Å². The van der Waals surface area contributed by atoms with E-state index in [1.54, 1.807) is 25.3 Å². The van der Waals surface area contributed by atoms with Gasteiger partial charge >= 0.3 is 12.1 Å². The van der Waals surface area contributed by atoms with Gasteiger partial charge in [0.1, 0.15) is 18.2 Å². The van der Waals surface area contributed by atoms with Crippen LogP contribution in [0, 0.1) is 5.82 Å². The molecule has 38 heavy (non-hydrogen) atoms. The molecule has 2 heterocycles. The van der Waals surface area contributed by atoms with Crippen LogP contribution in [0.4, 0.5) is 15.0 Å². The summed E-state index contributed by atoms with van der Waals surface area (Å²) < 4.78 is 29.6. The number of esters is 1. The number of benzene rings is 2. The number of thiocarbonyl (C=S) groups is 1. The number of fused-ring (bicyclic) bond motifs is 1. The maximum Gasteiger partial charge on any atom is 0.413 e. The van der Waals surface area contributed by atoms with Crippen molar-refractivity contribution in [3.8, 4) is 16.9 Å². The zero-order chi connectivity index (χ0) is 27.1. The van der Waals surface area contributed by atoms with Gasteiger partial charge in [-0.05, 0) is 42.4 Å². The molecule has 0 atom stereocenters. The van der Waals surface area contributed by atoms with Crippen molar-refractivity contribution in [1.29, 1.82) is 0 Å². The maximum absolute atomic E-state index is 13.7. The van der Waals surface area contributed by atoms with Gasteiger partial charge in [0, 0.05) is 28.7 Å². The van der Waals surface area contributed by atoms with E-state index in [1.165, 1.54) is 25.4 Å². The number of nitrogens with zero attached hydrogens (tertiary/aromatic N) is 2. The molecule has 0 saturated carbocycles. The molecule has 0 aliphatic heterocycles. The number of ether oxygens (including phenoxy) is 3. The summed E-state index contributed by atoms with van der Waals surface area (Å²) in [6, 6.07) is 15.2. The molecular formula is C27H23FN4O5S. The van der Waals surface area contributed by atoms with Gasteiger partial charge in [0.05, 0.1) is 13.7 Å². The Kier molecular flexibility index (Phi) is 8.39. The first-order chi connectivity index (χ1) is 18.4. The number of hydrogen-bond donors (Lipinski definition) is 2. The van der Waals surface area contributed by atoms with Gasteiger partial charge in [-0.3, -0.25) is 10.3 Å². The molecule has 1 amide bonds. The number of carbonyl (C=O) groups excluding carboxylic acids is 2. The van der Waals surface area contributed by atoms with Gasteiger partial charge in [0.2, 0.25) is 0 Å². The van der Waals surface area contributed by atoms with Gasteiger partial charge < -0.3 is 19.5 Å². The lowest BCUT2D eigenvalue weighted by Crippen LogP contribution is -2.35. The number of halogens is 1. The molecule has 2 aromatic heterocycles. The van der Waals surface area contributed by atoms with Gasteiger partial charge in [-0.25, -0.2) is 19.0 Å². The van der Waals surface area contributed by atoms with Crippen LogP contribution in [0.5, 0.6) is 5.75 Å². The molecule has 0 aliphatic rings. The summed E-state index contributed by atoms with van der Waals surface area (Å²) in [5, 5.41) is 6.02. The second-order valence-corrected chi connectivity index (χ2v) is 8.23. The van der Waals surface area contributed by atoms with Crippen LogP contribution in [0.1, 0.15) is 23.0 Å². The Hall–Kier alpha value is -4.64. The molecule has 0 fully saturated rings. The average molecular weight is 535 g/mol. The highest BCUT2D eigenvalue weighted by molar-refractivity contribution is 7.80. The first-order valence-corrected chi connectivity index (χ1v) is 11.9. The number of anilines is 1. The van der Waals surface area contributed by atoms with Crippen molar-refractivity contribution in [2.24, 2.45) is 0 Å². The summed E-state index contributed by atoms with van der Waals surface area (Å²) >= 11 is 5.28. The summed E-state index contributed by atoms with van der Waals surface area (Å²) in [7, 11) is 1.22. The van der Waals surface area contributed by atoms with E-state index in [0.717, 1.165) is 5.56 Å². The minimum Gasteiger partial charge on any atom is -0.486 e. The highest BCUT2D eigenvalue weighted by Gasteiger charge is 2.25. The molecule has 9 nitrogen and oxygen atoms in total. The molecule has 4 aromatic rings. The van der Waals surface area contributed by atoms with E-state index in [-0.39, 0.29) is 35.6 Å². The van der Waals surface area contributed by atoms with E-state index in [9.17, 15) is 14.0 Å². The van der Waals surface area contributed by atoms with E-state index in [2.05, 4.69) is 20.6 Å². The molecule has 2 aromatic carbocycles. The van der Waals surface area contributed by atoms with Crippen LogP contribution in [-0.4, -0.2) is 40.9 Å². The number of pyridine rings is 2. The molecular weight excluding hydrogens is 511 g/mol. The van der Waals surface area contributed by atoms with E-state index in [4.69, 9.17) is 26.4 Å². The number of nitrogens with one attached hydrogen (secondary N) is 2. The van der Waals surface area contributed by atoms with Gasteiger partial charge in [0.25, 0.3) is 0 Å². The number of aromatic nitrogens is 2. The fourth-order valence-corrected chi connectivity index (χ4v) is 3.86. The largest absolute Gasteiger partial charge is 0.486 e. The minimum atomic E-state index is -0.759. The molecule has 0 spiro atoms. The quantitative estimate of drug-likeness (QED) is 0.243. The van der Waals surface area contributed by atoms with Crippen LogP contribution in [-0.2, 0) is 16.1 Å². The fourth-order valence-electron chi connectivity index (χ4n) is 3.68. The number of amides is 1. The van der Waals surface area contributed by atoms with E-state index >= 15 is 0 Å². The molecule has 4 rings (SSSR count). The monoisotopic (exact) mass is 534 g/mol. The highest BCUT2D eigenvalue weighted by Crippen LogP contribution is 2.39. The third kappa shape index (κ3) is 6.01. The van der Waals surface area contributed by atoms with Crippen LogP contribution in [0.15, 0.2) is 67.0 Å². The molecule has 11 heteroatoms. The van der Waals surface area contributed by atoms with Crippen LogP contribution in [0.25, 0.3) is 21.9 Å². The minimum absolute atomic E-state index is 0.118. The Balaban J connectivity index is 1.90. The van der Waals surface area contributed by atoms with Crippen molar-refractivity contribution in [2.45, 2.75) is 13.5 Å². The second kappa shape index (κ2) is 12.1. The summed E-state index contributed by atoms with van der Waals surface area (Å²) in [5.41, 5.74) is 1.91. The number of alkyl carbamates (subject to hydrolysis) is 1. The Labute approximate surface area is 223 Å². The number of hydrogen-bond acceptors (Lipinski definition) is 8. The van der Waals surface area contributed by atoms with Gasteiger partial charge in [-0.2, -0.15) is 0 Å². The zero-order valence-corrected chi connectivity index (χ0v) is 21.3. The number of rotatable bonds is 7. The van der Waals surface area contributed by atoms with Crippen molar-refractivity contribution in [3.05, 3.63) is 84.1 Å². The smallest absolute Gasteiger partial charge is 0.413 e. The molecule has 2 N–H and O–H groups in total. The molecule has 0 saturated heterocycles. The molecule has 0 aliphatic carbocycles. The molecule has 0 radical (unpaired) electrons. The van der Waals surface area contributed by atoms with Crippen LogP contribution < -0.4 is 15.4 Å². The Morgan fingerprint density at radius 3 is 2.47 bits per heavy atom. The molecule has 0 bridgehead atoms. The predicted molar refractivity (Wildman–Crippen MR) is 143 cm³/mol. The SMILES string of the molecule is CCOC(=O)NC(=S)Nc1nc(C(=O)OC)c(OCc2ccccc2)c2cncc(-c3ccc(F)cc3)c12. The fraction of sp³-hybridized carbons (Fsp3) is 0.148. The number of methoxy groups -OCH3 is 1. The first kappa shape index (κ1) is 26.4. The maximum atomic E-state index is 13.7. The summed E-state index contributed by atoms with van der Waals surface area (Å²) in [6.07, 6.45) is 2.33. The van der Waals surface area contributed by atoms with Gasteiger partial charge in [-0.15, -0.1) is 0 Å². The lowest BCUT2D eigenvalue weighted by molar-refractivity contribution is 0.0589. The Morgan fingerprint density at radius 2 is 1.79 bits per heavy atom. The van der Waals surface area contributed by atoms with Crippen molar-refractivity contribution < 1.29 is 28.2 Å². The highest BCUT2D eigenvalue weighted by atomic mass is 32.1. The summed E-state index contributed by atoms with van der Waals surface area (Å²) in [6.45, 7) is 1.94.